The summed E-state index contributed by atoms with van der Waals surface area (Å²) in [4.78, 5) is 27.3. The first kappa shape index (κ1) is 22.8. The molecule has 4 rings (SSSR count). The smallest absolute Gasteiger partial charge is 0.269 e. The van der Waals surface area contributed by atoms with Crippen LogP contribution < -0.4 is 4.90 Å². The molecule has 3 heterocycles. The Balaban J connectivity index is 1.34. The van der Waals surface area contributed by atoms with Gasteiger partial charge in [-0.05, 0) is 30.2 Å². The third-order valence-corrected chi connectivity index (χ3v) is 6.34. The molecule has 1 amide bonds. The summed E-state index contributed by atoms with van der Waals surface area (Å²) in [6.45, 7) is 7.54. The average molecular weight is 471 g/mol. The number of nitro groups is 1. The first-order valence-corrected chi connectivity index (χ1v) is 11.8. The summed E-state index contributed by atoms with van der Waals surface area (Å²) in [5, 5.41) is 20.1. The summed E-state index contributed by atoms with van der Waals surface area (Å²) in [6, 6.07) is 10.2. The zero-order valence-corrected chi connectivity index (χ0v) is 19.4. The van der Waals surface area contributed by atoms with Gasteiger partial charge in [0.05, 0.1) is 16.9 Å². The van der Waals surface area contributed by atoms with Crippen LogP contribution in [-0.4, -0.2) is 62.4 Å². The van der Waals surface area contributed by atoms with Gasteiger partial charge in [0.1, 0.15) is 0 Å². The van der Waals surface area contributed by atoms with E-state index >= 15 is 0 Å². The van der Waals surface area contributed by atoms with Gasteiger partial charge in [-0.1, -0.05) is 25.6 Å². The Hall–Kier alpha value is -3.34. The molecule has 0 spiro atoms. The molecule has 1 aliphatic heterocycles. The molecule has 0 atom stereocenters. The molecule has 0 saturated carbocycles. The maximum Gasteiger partial charge on any atom is 0.269 e. The number of non-ortho nitro benzene ring substituents is 1. The number of nitrogens with zero attached hydrogens (tertiary/aromatic N) is 6. The topological polar surface area (TPSA) is 111 Å². The number of carbonyl (C=O) groups is 1. The summed E-state index contributed by atoms with van der Waals surface area (Å²) >= 11 is 1.39. The molecule has 1 aliphatic rings. The third kappa shape index (κ3) is 5.36. The van der Waals surface area contributed by atoms with Gasteiger partial charge in [0, 0.05) is 50.5 Å². The van der Waals surface area contributed by atoms with Crippen LogP contribution >= 0.6 is 11.8 Å². The summed E-state index contributed by atoms with van der Waals surface area (Å²) in [5.74, 6) is 2.05. The molecule has 174 valence electrons. The van der Waals surface area contributed by atoms with Crippen molar-refractivity contribution in [3.63, 3.8) is 0 Å². The molecule has 0 N–H and O–H groups in total. The molecule has 2 aromatic heterocycles. The lowest BCUT2D eigenvalue weighted by molar-refractivity contribution is -0.384. The number of amides is 1. The molecular weight excluding hydrogens is 444 g/mol. The highest BCUT2D eigenvalue weighted by atomic mass is 32.2. The number of hydrogen-bond acceptors (Lipinski definition) is 8. The van der Waals surface area contributed by atoms with Crippen LogP contribution in [0.4, 0.5) is 11.4 Å². The van der Waals surface area contributed by atoms with Crippen LogP contribution in [0.5, 0.6) is 0 Å². The largest absolute Gasteiger partial charge is 0.461 e. The Kier molecular flexibility index (Phi) is 6.97. The second kappa shape index (κ2) is 10.1. The number of nitro benzene ring substituents is 1. The number of anilines is 1. The van der Waals surface area contributed by atoms with Gasteiger partial charge in [0.15, 0.2) is 16.7 Å². The predicted molar refractivity (Wildman–Crippen MR) is 125 cm³/mol. The van der Waals surface area contributed by atoms with Crippen molar-refractivity contribution in [1.82, 2.24) is 19.7 Å². The fourth-order valence-corrected chi connectivity index (χ4v) is 4.58. The summed E-state index contributed by atoms with van der Waals surface area (Å²) in [6.07, 6.45) is 1.61. The Morgan fingerprint density at radius 2 is 1.88 bits per heavy atom. The lowest BCUT2D eigenvalue weighted by Gasteiger charge is -2.36. The van der Waals surface area contributed by atoms with E-state index in [0.29, 0.717) is 48.8 Å². The second-order valence-corrected chi connectivity index (χ2v) is 9.16. The Morgan fingerprint density at radius 1 is 1.15 bits per heavy atom. The highest BCUT2D eigenvalue weighted by Crippen LogP contribution is 2.26. The highest BCUT2D eigenvalue weighted by Gasteiger charge is 2.23. The molecule has 1 aromatic carbocycles. The molecule has 0 radical (unpaired) electrons. The van der Waals surface area contributed by atoms with Crippen LogP contribution in [-0.2, 0) is 11.3 Å². The first-order valence-electron chi connectivity index (χ1n) is 10.8. The van der Waals surface area contributed by atoms with Crippen LogP contribution in [0.1, 0.15) is 13.8 Å². The summed E-state index contributed by atoms with van der Waals surface area (Å²) < 4.78 is 7.50. The lowest BCUT2D eigenvalue weighted by Crippen LogP contribution is -2.49. The maximum atomic E-state index is 12.8. The first-order chi connectivity index (χ1) is 15.9. The van der Waals surface area contributed by atoms with Crippen LogP contribution in [0.25, 0.3) is 11.6 Å². The minimum Gasteiger partial charge on any atom is -0.461 e. The van der Waals surface area contributed by atoms with Crippen LogP contribution in [0, 0.1) is 16.0 Å². The van der Waals surface area contributed by atoms with E-state index in [1.54, 1.807) is 18.4 Å². The van der Waals surface area contributed by atoms with Gasteiger partial charge >= 0.3 is 0 Å². The van der Waals surface area contributed by atoms with Gasteiger partial charge in [-0.15, -0.1) is 10.2 Å². The summed E-state index contributed by atoms with van der Waals surface area (Å²) in [7, 11) is 0. The van der Waals surface area contributed by atoms with E-state index in [9.17, 15) is 14.9 Å². The van der Waals surface area contributed by atoms with Gasteiger partial charge in [-0.3, -0.25) is 19.5 Å². The van der Waals surface area contributed by atoms with Gasteiger partial charge in [0.2, 0.25) is 5.91 Å². The zero-order valence-electron chi connectivity index (χ0n) is 18.6. The van der Waals surface area contributed by atoms with E-state index in [1.807, 2.05) is 21.6 Å². The predicted octanol–water partition coefficient (Wildman–Crippen LogP) is 3.54. The molecule has 0 bridgehead atoms. The van der Waals surface area contributed by atoms with E-state index in [0.717, 1.165) is 12.2 Å². The standard InChI is InChI=1S/C22H26N6O4S/c1-16(2)14-27-21(19-4-3-13-32-19)23-24-22(27)33-15-20(29)26-11-9-25(10-12-26)17-5-7-18(8-6-17)28(30)31/h3-8,13,16H,9-12,14-15H2,1-2H3. The number of hydrogen-bond donors (Lipinski definition) is 0. The number of benzene rings is 1. The second-order valence-electron chi connectivity index (χ2n) is 8.22. The zero-order chi connectivity index (χ0) is 23.4. The Morgan fingerprint density at radius 3 is 2.48 bits per heavy atom. The van der Waals surface area contributed by atoms with Gasteiger partial charge in [0.25, 0.3) is 5.69 Å². The minimum atomic E-state index is -0.405. The van der Waals surface area contributed by atoms with Crippen molar-refractivity contribution < 1.29 is 14.1 Å². The molecule has 11 heteroatoms. The molecule has 0 unspecified atom stereocenters. The fourth-order valence-electron chi connectivity index (χ4n) is 3.73. The number of rotatable bonds is 8. The Labute approximate surface area is 195 Å². The molecular formula is C22H26N6O4S. The van der Waals surface area contributed by atoms with Gasteiger partial charge < -0.3 is 14.2 Å². The molecule has 1 fully saturated rings. The SMILES string of the molecule is CC(C)Cn1c(SCC(=O)N2CCN(c3ccc([N+](=O)[O-])cc3)CC2)nnc1-c1ccco1. The van der Waals surface area contributed by atoms with Crippen LogP contribution in [0.15, 0.2) is 52.2 Å². The number of aromatic nitrogens is 3. The molecule has 3 aromatic rings. The number of furan rings is 1. The van der Waals surface area contributed by atoms with Crippen molar-refractivity contribution in [3.8, 4) is 11.6 Å². The van der Waals surface area contributed by atoms with E-state index in [1.165, 1.54) is 23.9 Å². The monoisotopic (exact) mass is 470 g/mol. The molecule has 33 heavy (non-hydrogen) atoms. The highest BCUT2D eigenvalue weighted by molar-refractivity contribution is 7.99. The Bertz CT molecular complexity index is 1090. The van der Waals surface area contributed by atoms with E-state index in [4.69, 9.17) is 4.42 Å². The van der Waals surface area contributed by atoms with Crippen molar-refractivity contribution >= 4 is 29.0 Å². The minimum absolute atomic E-state index is 0.0574. The van der Waals surface area contributed by atoms with Crippen LogP contribution in [0.2, 0.25) is 0 Å². The molecule has 1 saturated heterocycles. The number of piperazine rings is 1. The van der Waals surface area contributed by atoms with Crippen molar-refractivity contribution in [2.24, 2.45) is 5.92 Å². The average Bonchev–Trinajstić information content (AvgIpc) is 3.47. The molecule has 10 nitrogen and oxygen atoms in total. The van der Waals surface area contributed by atoms with E-state index in [2.05, 4.69) is 28.9 Å². The van der Waals surface area contributed by atoms with Crippen molar-refractivity contribution in [1.29, 1.82) is 0 Å². The van der Waals surface area contributed by atoms with Crippen molar-refractivity contribution in [2.45, 2.75) is 25.5 Å². The maximum absolute atomic E-state index is 12.8. The number of thioether (sulfide) groups is 1. The third-order valence-electron chi connectivity index (χ3n) is 5.39. The van der Waals surface area contributed by atoms with Gasteiger partial charge in [-0.2, -0.15) is 0 Å². The van der Waals surface area contributed by atoms with Crippen LogP contribution in [0.3, 0.4) is 0 Å². The fraction of sp³-hybridized carbons (Fsp3) is 0.409. The normalized spacial score (nSPS) is 14.2. The quantitative estimate of drug-likeness (QED) is 0.279. The molecule has 0 aliphatic carbocycles. The van der Waals surface area contributed by atoms with Crippen molar-refractivity contribution in [3.05, 3.63) is 52.8 Å². The summed E-state index contributed by atoms with van der Waals surface area (Å²) in [5.41, 5.74) is 0.999. The van der Waals surface area contributed by atoms with Gasteiger partial charge in [-0.25, -0.2) is 0 Å². The van der Waals surface area contributed by atoms with E-state index < -0.39 is 4.92 Å². The van der Waals surface area contributed by atoms with Crippen molar-refractivity contribution in [2.75, 3.05) is 36.8 Å². The lowest BCUT2D eigenvalue weighted by atomic mass is 10.2. The number of carbonyl (C=O) groups excluding carboxylic acids is 1. The van der Waals surface area contributed by atoms with E-state index in [-0.39, 0.29) is 17.3 Å².